The standard InChI is InChI=1S/C19H29NO/c1-3-8-18-15-20(14-13-17(18)4-2)19(21)12-11-16-9-6-5-7-10-16/h5-7,9-10,17-18H,3-4,8,11-15H2,1-2H3. The number of carbonyl (C=O) groups excluding carboxylic acids is 1. The highest BCUT2D eigenvalue weighted by Crippen LogP contribution is 2.30. The van der Waals surface area contributed by atoms with Gasteiger partial charge in [0.05, 0.1) is 0 Å². The van der Waals surface area contributed by atoms with Crippen molar-refractivity contribution in [2.45, 2.75) is 52.4 Å². The van der Waals surface area contributed by atoms with E-state index in [2.05, 4.69) is 30.9 Å². The van der Waals surface area contributed by atoms with Crippen molar-refractivity contribution in [3.05, 3.63) is 35.9 Å². The van der Waals surface area contributed by atoms with Crippen LogP contribution in [0, 0.1) is 11.8 Å². The second kappa shape index (κ2) is 8.21. The molecule has 0 spiro atoms. The smallest absolute Gasteiger partial charge is 0.222 e. The third-order valence-electron chi connectivity index (χ3n) is 4.90. The molecular formula is C19H29NO. The molecule has 1 amide bonds. The number of piperidine rings is 1. The predicted molar refractivity (Wildman–Crippen MR) is 88.1 cm³/mol. The molecule has 0 saturated carbocycles. The van der Waals surface area contributed by atoms with E-state index in [-0.39, 0.29) is 0 Å². The molecule has 0 N–H and O–H groups in total. The quantitative estimate of drug-likeness (QED) is 0.764. The number of carbonyl (C=O) groups is 1. The lowest BCUT2D eigenvalue weighted by atomic mass is 9.81. The van der Waals surface area contributed by atoms with E-state index in [0.717, 1.165) is 31.3 Å². The lowest BCUT2D eigenvalue weighted by Gasteiger charge is -2.38. The molecule has 1 aliphatic rings. The SMILES string of the molecule is CCCC1CN(C(=O)CCc2ccccc2)CCC1CC. The van der Waals surface area contributed by atoms with Gasteiger partial charge in [0.15, 0.2) is 0 Å². The molecule has 0 radical (unpaired) electrons. The molecule has 0 bridgehead atoms. The van der Waals surface area contributed by atoms with Crippen LogP contribution in [0.15, 0.2) is 30.3 Å². The lowest BCUT2D eigenvalue weighted by Crippen LogP contribution is -2.43. The van der Waals surface area contributed by atoms with Gasteiger partial charge >= 0.3 is 0 Å². The zero-order chi connectivity index (χ0) is 15.1. The maximum atomic E-state index is 12.4. The molecular weight excluding hydrogens is 258 g/mol. The summed E-state index contributed by atoms with van der Waals surface area (Å²) >= 11 is 0. The molecule has 2 rings (SSSR count). The van der Waals surface area contributed by atoms with Crippen molar-refractivity contribution >= 4 is 5.91 Å². The summed E-state index contributed by atoms with van der Waals surface area (Å²) in [5, 5.41) is 0. The van der Waals surface area contributed by atoms with Crippen LogP contribution in [0.5, 0.6) is 0 Å². The highest BCUT2D eigenvalue weighted by Gasteiger charge is 2.29. The number of rotatable bonds is 6. The van der Waals surface area contributed by atoms with E-state index in [1.165, 1.54) is 31.2 Å². The highest BCUT2D eigenvalue weighted by atomic mass is 16.2. The van der Waals surface area contributed by atoms with Crippen molar-refractivity contribution in [2.24, 2.45) is 11.8 Å². The van der Waals surface area contributed by atoms with Crippen molar-refractivity contribution < 1.29 is 4.79 Å². The number of nitrogens with zero attached hydrogens (tertiary/aromatic N) is 1. The fourth-order valence-electron chi connectivity index (χ4n) is 3.60. The first-order valence-electron chi connectivity index (χ1n) is 8.56. The van der Waals surface area contributed by atoms with Crippen LogP contribution in [0.1, 0.15) is 51.5 Å². The molecule has 1 aliphatic heterocycles. The minimum absolute atomic E-state index is 0.342. The van der Waals surface area contributed by atoms with Crippen LogP contribution in [-0.2, 0) is 11.2 Å². The summed E-state index contributed by atoms with van der Waals surface area (Å²) < 4.78 is 0. The molecule has 1 aromatic rings. The first kappa shape index (κ1) is 16.1. The molecule has 2 heteroatoms. The van der Waals surface area contributed by atoms with Crippen molar-refractivity contribution in [3.8, 4) is 0 Å². The average molecular weight is 287 g/mol. The Morgan fingerprint density at radius 3 is 2.62 bits per heavy atom. The Balaban J connectivity index is 1.85. The van der Waals surface area contributed by atoms with Gasteiger partial charge in [-0.25, -0.2) is 0 Å². The summed E-state index contributed by atoms with van der Waals surface area (Å²) in [5.74, 6) is 1.88. The largest absolute Gasteiger partial charge is 0.342 e. The summed E-state index contributed by atoms with van der Waals surface area (Å²) in [4.78, 5) is 14.6. The minimum Gasteiger partial charge on any atom is -0.342 e. The predicted octanol–water partition coefficient (Wildman–Crippen LogP) is 4.29. The van der Waals surface area contributed by atoms with Crippen LogP contribution in [0.25, 0.3) is 0 Å². The second-order valence-corrected chi connectivity index (χ2v) is 6.33. The van der Waals surface area contributed by atoms with Crippen LogP contribution in [0.2, 0.25) is 0 Å². The van der Waals surface area contributed by atoms with E-state index >= 15 is 0 Å². The molecule has 116 valence electrons. The van der Waals surface area contributed by atoms with Gasteiger partial charge < -0.3 is 4.90 Å². The van der Waals surface area contributed by atoms with Gasteiger partial charge in [0.25, 0.3) is 0 Å². The minimum atomic E-state index is 0.342. The van der Waals surface area contributed by atoms with Gasteiger partial charge in [-0.15, -0.1) is 0 Å². The first-order chi connectivity index (χ1) is 10.2. The van der Waals surface area contributed by atoms with Gasteiger partial charge in [-0.1, -0.05) is 57.0 Å². The van der Waals surface area contributed by atoms with Crippen molar-refractivity contribution in [2.75, 3.05) is 13.1 Å². The summed E-state index contributed by atoms with van der Waals surface area (Å²) in [6.45, 7) is 6.50. The molecule has 2 unspecified atom stereocenters. The Morgan fingerprint density at radius 2 is 1.95 bits per heavy atom. The molecule has 1 aromatic carbocycles. The van der Waals surface area contributed by atoms with Crippen molar-refractivity contribution in [1.29, 1.82) is 0 Å². The van der Waals surface area contributed by atoms with Gasteiger partial charge in [0.2, 0.25) is 5.91 Å². The second-order valence-electron chi connectivity index (χ2n) is 6.33. The zero-order valence-corrected chi connectivity index (χ0v) is 13.6. The van der Waals surface area contributed by atoms with Crippen molar-refractivity contribution in [1.82, 2.24) is 4.90 Å². The van der Waals surface area contributed by atoms with Crippen LogP contribution in [-0.4, -0.2) is 23.9 Å². The fraction of sp³-hybridized carbons (Fsp3) is 0.632. The van der Waals surface area contributed by atoms with Crippen LogP contribution >= 0.6 is 0 Å². The molecule has 2 nitrogen and oxygen atoms in total. The summed E-state index contributed by atoms with van der Waals surface area (Å²) in [5.41, 5.74) is 1.26. The molecule has 1 heterocycles. The molecule has 21 heavy (non-hydrogen) atoms. The Hall–Kier alpha value is -1.31. The maximum absolute atomic E-state index is 12.4. The van der Waals surface area contributed by atoms with Gasteiger partial charge in [0, 0.05) is 19.5 Å². The Morgan fingerprint density at radius 1 is 1.19 bits per heavy atom. The van der Waals surface area contributed by atoms with Crippen LogP contribution in [0.4, 0.5) is 0 Å². The molecule has 2 atom stereocenters. The van der Waals surface area contributed by atoms with E-state index in [1.54, 1.807) is 0 Å². The zero-order valence-electron chi connectivity index (χ0n) is 13.6. The normalized spacial score (nSPS) is 22.3. The fourth-order valence-corrected chi connectivity index (χ4v) is 3.60. The topological polar surface area (TPSA) is 20.3 Å². The number of aryl methyl sites for hydroxylation is 1. The van der Waals surface area contributed by atoms with Gasteiger partial charge in [-0.2, -0.15) is 0 Å². The molecule has 0 aliphatic carbocycles. The Bertz CT molecular complexity index is 428. The van der Waals surface area contributed by atoms with Gasteiger partial charge in [-0.3, -0.25) is 4.79 Å². The van der Waals surface area contributed by atoms with E-state index in [0.29, 0.717) is 12.3 Å². The Kier molecular flexibility index (Phi) is 6.28. The number of hydrogen-bond acceptors (Lipinski definition) is 1. The van der Waals surface area contributed by atoms with E-state index in [9.17, 15) is 4.79 Å². The van der Waals surface area contributed by atoms with Gasteiger partial charge in [0.1, 0.15) is 0 Å². The third kappa shape index (κ3) is 4.59. The lowest BCUT2D eigenvalue weighted by molar-refractivity contribution is -0.133. The van der Waals surface area contributed by atoms with E-state index in [1.807, 2.05) is 18.2 Å². The molecule has 0 aromatic heterocycles. The van der Waals surface area contributed by atoms with Gasteiger partial charge in [-0.05, 0) is 36.7 Å². The van der Waals surface area contributed by atoms with Crippen molar-refractivity contribution in [3.63, 3.8) is 0 Å². The first-order valence-corrected chi connectivity index (χ1v) is 8.56. The van der Waals surface area contributed by atoms with E-state index in [4.69, 9.17) is 0 Å². The summed E-state index contributed by atoms with van der Waals surface area (Å²) in [6, 6.07) is 10.3. The highest BCUT2D eigenvalue weighted by molar-refractivity contribution is 5.76. The summed E-state index contributed by atoms with van der Waals surface area (Å²) in [7, 11) is 0. The van der Waals surface area contributed by atoms with Crippen LogP contribution in [0.3, 0.4) is 0 Å². The maximum Gasteiger partial charge on any atom is 0.222 e. The summed E-state index contributed by atoms with van der Waals surface area (Å²) in [6.07, 6.45) is 6.47. The number of benzene rings is 1. The van der Waals surface area contributed by atoms with E-state index < -0.39 is 0 Å². The monoisotopic (exact) mass is 287 g/mol. The average Bonchev–Trinajstić information content (AvgIpc) is 2.54. The third-order valence-corrected chi connectivity index (χ3v) is 4.90. The van der Waals surface area contributed by atoms with Crippen LogP contribution < -0.4 is 0 Å². The number of amides is 1. The Labute approximate surface area is 129 Å². The number of hydrogen-bond donors (Lipinski definition) is 0. The molecule has 1 saturated heterocycles. The number of likely N-dealkylation sites (tertiary alicyclic amines) is 1. The molecule has 1 fully saturated rings.